The molecule has 0 radical (unpaired) electrons. The van der Waals surface area contributed by atoms with Crippen molar-refractivity contribution in [2.75, 3.05) is 0 Å². The number of rotatable bonds is 13. The summed E-state index contributed by atoms with van der Waals surface area (Å²) in [6.07, 6.45) is 33.3. The van der Waals surface area contributed by atoms with Crippen molar-refractivity contribution >= 4 is 10.1 Å². The normalized spacial score (nSPS) is 22.8. The first-order valence-corrected chi connectivity index (χ1v) is 20.2. The summed E-state index contributed by atoms with van der Waals surface area (Å²) in [4.78, 5) is 0.206. The van der Waals surface area contributed by atoms with Gasteiger partial charge in [0.2, 0.25) is 0 Å². The lowest BCUT2D eigenvalue weighted by Crippen LogP contribution is -2.32. The van der Waals surface area contributed by atoms with Crippen LogP contribution in [0.4, 0.5) is 0 Å². The lowest BCUT2D eigenvalue weighted by Gasteiger charge is -2.37. The fourth-order valence-corrected chi connectivity index (χ4v) is 8.63. The van der Waals surface area contributed by atoms with E-state index in [1.165, 1.54) is 40.7 Å². The maximum atomic E-state index is 12.9. The van der Waals surface area contributed by atoms with E-state index in [9.17, 15) is 8.42 Å². The Morgan fingerprint density at radius 2 is 1.06 bits per heavy atom. The van der Waals surface area contributed by atoms with Crippen LogP contribution >= 0.6 is 0 Å². The van der Waals surface area contributed by atoms with Crippen molar-refractivity contribution in [2.45, 2.75) is 120 Å². The van der Waals surface area contributed by atoms with Gasteiger partial charge in [-0.25, -0.2) is 0 Å². The van der Waals surface area contributed by atoms with Gasteiger partial charge in [0.1, 0.15) is 0 Å². The molecule has 2 aliphatic rings. The Balaban J connectivity index is 1.53. The molecular formula is C48H64O3S. The molecule has 3 rings (SSSR count). The van der Waals surface area contributed by atoms with E-state index < -0.39 is 10.1 Å². The van der Waals surface area contributed by atoms with Crippen LogP contribution in [0.5, 0.6) is 0 Å². The highest BCUT2D eigenvalue weighted by Crippen LogP contribution is 2.44. The average Bonchev–Trinajstić information content (AvgIpc) is 3.01. The lowest BCUT2D eigenvalue weighted by atomic mass is 9.69. The Hall–Kier alpha value is -3.73. The van der Waals surface area contributed by atoms with Crippen LogP contribution in [0, 0.1) is 23.7 Å². The molecule has 0 N–H and O–H groups in total. The van der Waals surface area contributed by atoms with Crippen LogP contribution in [-0.2, 0) is 14.3 Å². The molecular weight excluding hydrogens is 657 g/mol. The molecule has 2 atom stereocenters. The molecule has 0 saturated carbocycles. The van der Waals surface area contributed by atoms with Crippen molar-refractivity contribution in [3.8, 4) is 0 Å². The second kappa shape index (κ2) is 18.9. The molecule has 3 nitrogen and oxygen atoms in total. The van der Waals surface area contributed by atoms with E-state index in [1.54, 1.807) is 24.3 Å². The molecule has 0 heterocycles. The molecule has 0 spiro atoms. The van der Waals surface area contributed by atoms with Gasteiger partial charge in [-0.1, -0.05) is 171 Å². The number of aryl methyl sites for hydroxylation is 1. The predicted octanol–water partition coefficient (Wildman–Crippen LogP) is 13.5. The third kappa shape index (κ3) is 13.4. The molecule has 4 heteroatoms. The topological polar surface area (TPSA) is 43.4 Å². The number of hydrogen-bond donors (Lipinski definition) is 0. The maximum absolute atomic E-state index is 12.9. The van der Waals surface area contributed by atoms with Crippen LogP contribution in [0.2, 0.25) is 0 Å². The zero-order chi connectivity index (χ0) is 38.7. The summed E-state index contributed by atoms with van der Waals surface area (Å²) in [5, 5.41) is 0. The van der Waals surface area contributed by atoms with E-state index in [2.05, 4.69) is 161 Å². The molecule has 2 unspecified atom stereocenters. The molecule has 0 bridgehead atoms. The third-order valence-corrected chi connectivity index (χ3v) is 11.4. The summed E-state index contributed by atoms with van der Waals surface area (Å²) in [6.45, 7) is 26.2. The second-order valence-corrected chi connectivity index (χ2v) is 18.0. The van der Waals surface area contributed by atoms with Gasteiger partial charge >= 0.3 is 0 Å². The SMILES string of the molecule is CC1=C(/C=C/C(C)=C/C=C/C(C)=C/C=C/C=C(C)/C=C/C=C(C)/C=C/C2=C(C)CC(OS(=O)(=O)c3ccc(C)cc3)CC2(C)C)C(C)(C)CC(C)C1. The summed E-state index contributed by atoms with van der Waals surface area (Å²) >= 11 is 0. The molecule has 0 fully saturated rings. The van der Waals surface area contributed by atoms with Gasteiger partial charge in [-0.2, -0.15) is 8.42 Å². The molecule has 280 valence electrons. The highest BCUT2D eigenvalue weighted by molar-refractivity contribution is 7.86. The predicted molar refractivity (Wildman–Crippen MR) is 225 cm³/mol. The zero-order valence-electron chi connectivity index (χ0n) is 34.0. The van der Waals surface area contributed by atoms with Crippen LogP contribution in [0.25, 0.3) is 0 Å². The largest absolute Gasteiger partial charge is 0.297 e. The Bertz CT molecular complexity index is 1870. The Morgan fingerprint density at radius 1 is 0.635 bits per heavy atom. The van der Waals surface area contributed by atoms with E-state index in [1.807, 2.05) is 6.92 Å². The van der Waals surface area contributed by atoms with Gasteiger partial charge in [0.25, 0.3) is 10.1 Å². The maximum Gasteiger partial charge on any atom is 0.297 e. The van der Waals surface area contributed by atoms with Crippen molar-refractivity contribution in [3.63, 3.8) is 0 Å². The van der Waals surface area contributed by atoms with Crippen LogP contribution in [0.3, 0.4) is 0 Å². The van der Waals surface area contributed by atoms with Crippen LogP contribution in [0.1, 0.15) is 107 Å². The lowest BCUT2D eigenvalue weighted by molar-refractivity contribution is 0.146. The zero-order valence-corrected chi connectivity index (χ0v) is 34.8. The summed E-state index contributed by atoms with van der Waals surface area (Å²) in [7, 11) is -3.81. The van der Waals surface area contributed by atoms with Crippen molar-refractivity contribution in [1.29, 1.82) is 0 Å². The van der Waals surface area contributed by atoms with Crippen molar-refractivity contribution < 1.29 is 12.6 Å². The van der Waals surface area contributed by atoms with Crippen molar-refractivity contribution in [1.82, 2.24) is 0 Å². The monoisotopic (exact) mass is 720 g/mol. The van der Waals surface area contributed by atoms with Gasteiger partial charge in [-0.15, -0.1) is 0 Å². The Kier molecular flexibility index (Phi) is 15.5. The average molecular weight is 721 g/mol. The van der Waals surface area contributed by atoms with Gasteiger partial charge in [-0.05, 0) is 114 Å². The van der Waals surface area contributed by atoms with Crippen LogP contribution in [-0.4, -0.2) is 14.5 Å². The summed E-state index contributed by atoms with van der Waals surface area (Å²) in [5.74, 6) is 0.760. The number of allylic oxidation sites excluding steroid dienone is 21. The summed E-state index contributed by atoms with van der Waals surface area (Å²) in [6, 6.07) is 6.82. The first-order valence-electron chi connectivity index (χ1n) is 18.8. The minimum atomic E-state index is -3.81. The fourth-order valence-electron chi connectivity index (χ4n) is 7.56. The first-order chi connectivity index (χ1) is 24.3. The van der Waals surface area contributed by atoms with Crippen molar-refractivity contribution in [2.24, 2.45) is 16.7 Å². The highest BCUT2D eigenvalue weighted by Gasteiger charge is 2.35. The first kappa shape index (κ1) is 42.7. The summed E-state index contributed by atoms with van der Waals surface area (Å²) < 4.78 is 31.6. The Morgan fingerprint density at radius 3 is 1.52 bits per heavy atom. The molecule has 0 aliphatic heterocycles. The van der Waals surface area contributed by atoms with Gasteiger partial charge in [0.05, 0.1) is 11.0 Å². The third-order valence-electron chi connectivity index (χ3n) is 10.0. The molecule has 52 heavy (non-hydrogen) atoms. The van der Waals surface area contributed by atoms with Gasteiger partial charge < -0.3 is 0 Å². The molecule has 0 saturated heterocycles. The van der Waals surface area contributed by atoms with E-state index in [0.717, 1.165) is 28.2 Å². The standard InChI is InChI=1S/C48H64O3S/c1-35(19-15-21-37(3)25-29-45-41(7)31-40(6)33-47(45,9)10)17-13-14-18-36(2)20-16-22-38(4)26-30-46-42(8)32-43(34-48(46,11)12)51-52(49,50)44-27-23-39(5)24-28-44/h13-30,40,43H,31-34H2,1-12H3/b14-13+,19-15+,20-16+,29-25+,30-26+,35-17+,36-18+,37-21+,38-22+. The number of hydrogen-bond acceptors (Lipinski definition) is 3. The van der Waals surface area contributed by atoms with Gasteiger partial charge in [-0.3, -0.25) is 4.18 Å². The molecule has 0 aromatic heterocycles. The summed E-state index contributed by atoms with van der Waals surface area (Å²) in [5.41, 5.74) is 11.2. The van der Waals surface area contributed by atoms with E-state index in [-0.39, 0.29) is 21.8 Å². The minimum Gasteiger partial charge on any atom is -0.263 e. The minimum absolute atomic E-state index is 0.206. The molecule has 2 aliphatic carbocycles. The van der Waals surface area contributed by atoms with E-state index in [0.29, 0.717) is 12.8 Å². The van der Waals surface area contributed by atoms with Crippen molar-refractivity contribution in [3.05, 3.63) is 159 Å². The van der Waals surface area contributed by atoms with E-state index >= 15 is 0 Å². The second-order valence-electron chi connectivity index (χ2n) is 16.5. The molecule has 1 aromatic rings. The van der Waals surface area contributed by atoms with Crippen LogP contribution < -0.4 is 0 Å². The van der Waals surface area contributed by atoms with Gasteiger partial charge in [0, 0.05) is 0 Å². The fraction of sp³-hybridized carbons (Fsp3) is 0.417. The highest BCUT2D eigenvalue weighted by atomic mass is 32.2. The smallest absolute Gasteiger partial charge is 0.263 e. The van der Waals surface area contributed by atoms with Crippen LogP contribution in [0.15, 0.2) is 159 Å². The molecule has 0 amide bonds. The van der Waals surface area contributed by atoms with Gasteiger partial charge in [0.15, 0.2) is 0 Å². The quantitative estimate of drug-likeness (QED) is 0.150. The van der Waals surface area contributed by atoms with E-state index in [4.69, 9.17) is 4.18 Å². The Labute approximate surface area is 317 Å². The molecule has 1 aromatic carbocycles. The number of benzene rings is 1.